The fraction of sp³-hybridized carbons (Fsp3) is 0.300. The van der Waals surface area contributed by atoms with E-state index in [4.69, 9.17) is 9.84 Å². The van der Waals surface area contributed by atoms with E-state index in [0.29, 0.717) is 5.56 Å². The van der Waals surface area contributed by atoms with E-state index in [1.165, 1.54) is 17.0 Å². The molecule has 0 bridgehead atoms. The summed E-state index contributed by atoms with van der Waals surface area (Å²) in [5.74, 6) is -2.50. The van der Waals surface area contributed by atoms with E-state index in [1.807, 2.05) is 0 Å². The van der Waals surface area contributed by atoms with Gasteiger partial charge in [0.15, 0.2) is 0 Å². The lowest BCUT2D eigenvalue weighted by atomic mass is 10.2. The number of carboxylic acids is 1. The fourth-order valence-corrected chi connectivity index (χ4v) is 3.47. The van der Waals surface area contributed by atoms with E-state index < -0.39 is 39.1 Å². The number of ether oxygens (including phenoxy) is 1. The molecule has 0 aliphatic rings. The zero-order valence-corrected chi connectivity index (χ0v) is 17.8. The van der Waals surface area contributed by atoms with Crippen molar-refractivity contribution in [3.63, 3.8) is 0 Å². The standard InChI is InChI=1S/C20H23FN2O6S/c1-20(2,3)29-19(26)23(4)12-13-5-8-15(9-6-13)30(27,28)22-14-7-10-16(18(24)25)17(21)11-14/h5-11,22H,12H2,1-4H3,(H,24,25). The van der Waals surface area contributed by atoms with Crippen LogP contribution in [0.2, 0.25) is 0 Å². The van der Waals surface area contributed by atoms with Crippen molar-refractivity contribution in [2.45, 2.75) is 37.8 Å². The molecule has 0 heterocycles. The van der Waals surface area contributed by atoms with Crippen LogP contribution in [-0.2, 0) is 21.3 Å². The summed E-state index contributed by atoms with van der Waals surface area (Å²) in [5, 5.41) is 8.83. The molecular formula is C20H23FN2O6S. The van der Waals surface area contributed by atoms with Crippen molar-refractivity contribution in [3.05, 3.63) is 59.4 Å². The molecule has 0 aliphatic carbocycles. The summed E-state index contributed by atoms with van der Waals surface area (Å²) in [4.78, 5) is 24.1. The number of hydrogen-bond acceptors (Lipinski definition) is 5. The Kier molecular flexibility index (Phi) is 6.71. The molecule has 2 N–H and O–H groups in total. The minimum absolute atomic E-state index is 0.0751. The first-order chi connectivity index (χ1) is 13.8. The van der Waals surface area contributed by atoms with Crippen LogP contribution in [0.4, 0.5) is 14.9 Å². The van der Waals surface area contributed by atoms with Crippen LogP contribution in [0.3, 0.4) is 0 Å². The van der Waals surface area contributed by atoms with Crippen molar-refractivity contribution in [1.82, 2.24) is 4.90 Å². The van der Waals surface area contributed by atoms with Crippen molar-refractivity contribution in [2.75, 3.05) is 11.8 Å². The first kappa shape index (κ1) is 23.1. The Morgan fingerprint density at radius 1 is 1.13 bits per heavy atom. The number of benzene rings is 2. The van der Waals surface area contributed by atoms with Gasteiger partial charge in [0, 0.05) is 13.6 Å². The second kappa shape index (κ2) is 8.70. The van der Waals surface area contributed by atoms with Crippen LogP contribution in [0.5, 0.6) is 0 Å². The summed E-state index contributed by atoms with van der Waals surface area (Å²) in [6, 6.07) is 8.72. The molecule has 30 heavy (non-hydrogen) atoms. The highest BCUT2D eigenvalue weighted by atomic mass is 32.2. The molecule has 2 aromatic rings. The molecule has 0 atom stereocenters. The number of nitrogens with zero attached hydrogens (tertiary/aromatic N) is 1. The number of carbonyl (C=O) groups excluding carboxylic acids is 1. The van der Waals surface area contributed by atoms with E-state index in [0.717, 1.165) is 18.2 Å². The Hall–Kier alpha value is -3.14. The SMILES string of the molecule is CN(Cc1ccc(S(=O)(=O)Nc2ccc(C(=O)O)c(F)c2)cc1)C(=O)OC(C)(C)C. The van der Waals surface area contributed by atoms with Crippen molar-refractivity contribution in [1.29, 1.82) is 0 Å². The minimum atomic E-state index is -4.02. The maximum absolute atomic E-state index is 13.8. The lowest BCUT2D eigenvalue weighted by Crippen LogP contribution is -2.33. The number of carboxylic acid groups (broad SMARTS) is 1. The zero-order chi connectivity index (χ0) is 22.7. The molecule has 1 amide bonds. The quantitative estimate of drug-likeness (QED) is 0.711. The molecule has 162 valence electrons. The molecule has 0 saturated heterocycles. The largest absolute Gasteiger partial charge is 0.478 e. The number of rotatable bonds is 6. The second-order valence-corrected chi connectivity index (χ2v) is 9.27. The highest BCUT2D eigenvalue weighted by molar-refractivity contribution is 7.92. The first-order valence-electron chi connectivity index (χ1n) is 8.87. The molecule has 2 rings (SSSR count). The van der Waals surface area contributed by atoms with Gasteiger partial charge in [0.25, 0.3) is 10.0 Å². The fourth-order valence-electron chi connectivity index (χ4n) is 2.42. The van der Waals surface area contributed by atoms with Crippen molar-refractivity contribution < 1.29 is 32.2 Å². The molecular weight excluding hydrogens is 415 g/mol. The first-order valence-corrected chi connectivity index (χ1v) is 10.4. The van der Waals surface area contributed by atoms with Gasteiger partial charge in [0.05, 0.1) is 16.1 Å². The lowest BCUT2D eigenvalue weighted by molar-refractivity contribution is 0.0285. The summed E-state index contributed by atoms with van der Waals surface area (Å²) in [5.41, 5.74) is -0.612. The van der Waals surface area contributed by atoms with Gasteiger partial charge >= 0.3 is 12.1 Å². The number of anilines is 1. The Morgan fingerprint density at radius 3 is 2.23 bits per heavy atom. The number of amides is 1. The van der Waals surface area contributed by atoms with Crippen LogP contribution >= 0.6 is 0 Å². The molecule has 8 nitrogen and oxygen atoms in total. The minimum Gasteiger partial charge on any atom is -0.478 e. The predicted octanol–water partition coefficient (Wildman–Crippen LogP) is 3.69. The van der Waals surface area contributed by atoms with E-state index >= 15 is 0 Å². The van der Waals surface area contributed by atoms with E-state index in [2.05, 4.69) is 4.72 Å². The van der Waals surface area contributed by atoms with Crippen LogP contribution in [0.1, 0.15) is 36.7 Å². The van der Waals surface area contributed by atoms with E-state index in [9.17, 15) is 22.4 Å². The monoisotopic (exact) mass is 438 g/mol. The molecule has 0 spiro atoms. The van der Waals surface area contributed by atoms with Gasteiger partial charge in [0.2, 0.25) is 0 Å². The molecule has 2 aromatic carbocycles. The lowest BCUT2D eigenvalue weighted by Gasteiger charge is -2.24. The van der Waals surface area contributed by atoms with Gasteiger partial charge in [0.1, 0.15) is 11.4 Å². The number of sulfonamides is 1. The number of hydrogen-bond donors (Lipinski definition) is 2. The Morgan fingerprint density at radius 2 is 1.73 bits per heavy atom. The third-order valence-electron chi connectivity index (χ3n) is 3.81. The Bertz CT molecular complexity index is 1050. The van der Waals surface area contributed by atoms with E-state index in [-0.39, 0.29) is 17.1 Å². The molecule has 0 radical (unpaired) electrons. The Labute approximate surface area is 174 Å². The summed E-state index contributed by atoms with van der Waals surface area (Å²) in [7, 11) is -2.45. The van der Waals surface area contributed by atoms with Gasteiger partial charge < -0.3 is 14.7 Å². The summed E-state index contributed by atoms with van der Waals surface area (Å²) < 4.78 is 46.2. The van der Waals surface area contributed by atoms with Crippen LogP contribution in [-0.4, -0.2) is 43.1 Å². The Balaban J connectivity index is 2.10. The summed E-state index contributed by atoms with van der Waals surface area (Å²) in [6.07, 6.45) is -0.507. The highest BCUT2D eigenvalue weighted by Gasteiger charge is 2.20. The number of carbonyl (C=O) groups is 2. The van der Waals surface area contributed by atoms with Gasteiger partial charge in [-0.1, -0.05) is 12.1 Å². The summed E-state index contributed by atoms with van der Waals surface area (Å²) >= 11 is 0. The average molecular weight is 438 g/mol. The number of halogens is 1. The smallest absolute Gasteiger partial charge is 0.410 e. The van der Waals surface area contributed by atoms with Crippen LogP contribution < -0.4 is 4.72 Å². The third kappa shape index (κ3) is 6.18. The van der Waals surface area contributed by atoms with Gasteiger partial charge in [-0.05, 0) is 56.7 Å². The van der Waals surface area contributed by atoms with Crippen LogP contribution in [0.25, 0.3) is 0 Å². The molecule has 0 saturated carbocycles. The zero-order valence-electron chi connectivity index (χ0n) is 17.0. The normalized spacial score (nSPS) is 11.6. The topological polar surface area (TPSA) is 113 Å². The third-order valence-corrected chi connectivity index (χ3v) is 5.21. The van der Waals surface area contributed by atoms with Gasteiger partial charge in [-0.3, -0.25) is 4.72 Å². The van der Waals surface area contributed by atoms with Crippen LogP contribution in [0, 0.1) is 5.82 Å². The van der Waals surface area contributed by atoms with Crippen LogP contribution in [0.15, 0.2) is 47.4 Å². The van der Waals surface area contributed by atoms with Crippen molar-refractivity contribution in [3.8, 4) is 0 Å². The number of nitrogens with one attached hydrogen (secondary N) is 1. The molecule has 10 heteroatoms. The van der Waals surface area contributed by atoms with Crippen molar-refractivity contribution in [2.24, 2.45) is 0 Å². The van der Waals surface area contributed by atoms with Gasteiger partial charge in [-0.25, -0.2) is 22.4 Å². The van der Waals surface area contributed by atoms with Gasteiger partial charge in [-0.15, -0.1) is 0 Å². The highest BCUT2D eigenvalue weighted by Crippen LogP contribution is 2.20. The van der Waals surface area contributed by atoms with Crippen molar-refractivity contribution >= 4 is 27.8 Å². The maximum Gasteiger partial charge on any atom is 0.410 e. The summed E-state index contributed by atoms with van der Waals surface area (Å²) in [6.45, 7) is 5.48. The molecule has 0 aromatic heterocycles. The van der Waals surface area contributed by atoms with E-state index in [1.54, 1.807) is 40.0 Å². The number of aromatic carboxylic acids is 1. The molecule has 0 unspecified atom stereocenters. The maximum atomic E-state index is 13.8. The molecule has 0 aliphatic heterocycles. The predicted molar refractivity (Wildman–Crippen MR) is 108 cm³/mol. The average Bonchev–Trinajstić information content (AvgIpc) is 2.60. The second-order valence-electron chi connectivity index (χ2n) is 7.59. The molecule has 0 fully saturated rings. The van der Waals surface area contributed by atoms with Gasteiger partial charge in [-0.2, -0.15) is 0 Å².